The number of aliphatic hydroxyl groups excluding tert-OH is 1. The zero-order valence-corrected chi connectivity index (χ0v) is 18.2. The minimum absolute atomic E-state index is 0.105. The first-order chi connectivity index (χ1) is 15.2. The van der Waals surface area contributed by atoms with Crippen LogP contribution in [0.2, 0.25) is 0 Å². The minimum Gasteiger partial charge on any atom is -0.392 e. The van der Waals surface area contributed by atoms with Gasteiger partial charge in [-0.15, -0.1) is 0 Å². The summed E-state index contributed by atoms with van der Waals surface area (Å²) in [5.74, 6) is 0.802. The highest BCUT2D eigenvalue weighted by atomic mass is 16.3. The standard InChI is InChI=1S/C26H33N3O2/c30-18-20-5-3-19(4-6-20)16-28-12-9-21(10-13-28)22-7-8-25-23(14-22)17-29(26(25)31)24-2-1-11-27-15-24/h3-8,14,21,24,27,30H,1-2,9-13,15-18H2. The van der Waals surface area contributed by atoms with Crippen LogP contribution in [0, 0.1) is 0 Å². The van der Waals surface area contributed by atoms with Gasteiger partial charge in [0, 0.05) is 31.2 Å². The van der Waals surface area contributed by atoms with E-state index in [9.17, 15) is 9.90 Å². The molecule has 0 spiro atoms. The first-order valence-electron chi connectivity index (χ1n) is 11.8. The van der Waals surface area contributed by atoms with Crippen molar-refractivity contribution in [3.63, 3.8) is 0 Å². The van der Waals surface area contributed by atoms with Gasteiger partial charge in [0.15, 0.2) is 0 Å². The van der Waals surface area contributed by atoms with E-state index in [0.29, 0.717) is 12.0 Å². The summed E-state index contributed by atoms with van der Waals surface area (Å²) in [6.45, 7) is 6.05. The Kier molecular flexibility index (Phi) is 6.08. The average molecular weight is 420 g/mol. The second-order valence-electron chi connectivity index (χ2n) is 9.37. The van der Waals surface area contributed by atoms with Gasteiger partial charge >= 0.3 is 0 Å². The number of rotatable bonds is 5. The topological polar surface area (TPSA) is 55.8 Å². The molecule has 3 heterocycles. The van der Waals surface area contributed by atoms with Gasteiger partial charge in [0.05, 0.1) is 6.61 Å². The average Bonchev–Trinajstić information content (AvgIpc) is 3.16. The molecule has 0 aromatic heterocycles. The third-order valence-corrected chi connectivity index (χ3v) is 7.34. The lowest BCUT2D eigenvalue weighted by Gasteiger charge is -2.32. The van der Waals surface area contributed by atoms with Crippen molar-refractivity contribution < 1.29 is 9.90 Å². The Morgan fingerprint density at radius 1 is 1.00 bits per heavy atom. The van der Waals surface area contributed by atoms with Crippen LogP contribution in [-0.4, -0.2) is 53.0 Å². The fourth-order valence-corrected chi connectivity index (χ4v) is 5.44. The molecule has 1 unspecified atom stereocenters. The summed E-state index contributed by atoms with van der Waals surface area (Å²) in [4.78, 5) is 17.5. The van der Waals surface area contributed by atoms with Crippen molar-refractivity contribution in [2.75, 3.05) is 26.2 Å². The summed E-state index contributed by atoms with van der Waals surface area (Å²) in [6.07, 6.45) is 4.59. The molecule has 5 heteroatoms. The molecule has 2 aromatic carbocycles. The zero-order valence-electron chi connectivity index (χ0n) is 18.2. The molecular formula is C26H33N3O2. The van der Waals surface area contributed by atoms with E-state index < -0.39 is 0 Å². The van der Waals surface area contributed by atoms with Crippen LogP contribution in [0.4, 0.5) is 0 Å². The molecule has 31 heavy (non-hydrogen) atoms. The van der Waals surface area contributed by atoms with Gasteiger partial charge in [-0.25, -0.2) is 0 Å². The normalized spacial score (nSPS) is 22.7. The van der Waals surface area contributed by atoms with Crippen molar-refractivity contribution in [3.05, 3.63) is 70.3 Å². The Morgan fingerprint density at radius 3 is 2.48 bits per heavy atom. The van der Waals surface area contributed by atoms with Crippen molar-refractivity contribution >= 4 is 5.91 Å². The summed E-state index contributed by atoms with van der Waals surface area (Å²) in [7, 11) is 0. The molecule has 1 atom stereocenters. The van der Waals surface area contributed by atoms with Gasteiger partial charge in [-0.3, -0.25) is 9.69 Å². The molecule has 0 aliphatic carbocycles. The van der Waals surface area contributed by atoms with Crippen LogP contribution in [0.25, 0.3) is 0 Å². The molecule has 0 radical (unpaired) electrons. The van der Waals surface area contributed by atoms with Crippen LogP contribution >= 0.6 is 0 Å². The number of fused-ring (bicyclic) bond motifs is 1. The molecule has 2 fully saturated rings. The first-order valence-corrected chi connectivity index (χ1v) is 11.8. The van der Waals surface area contributed by atoms with E-state index in [1.165, 1.54) is 16.7 Å². The van der Waals surface area contributed by atoms with Crippen molar-refractivity contribution in [1.82, 2.24) is 15.1 Å². The molecule has 3 aliphatic rings. The van der Waals surface area contributed by atoms with Crippen LogP contribution in [0.5, 0.6) is 0 Å². The van der Waals surface area contributed by atoms with Crippen LogP contribution < -0.4 is 5.32 Å². The fraction of sp³-hybridized carbons (Fsp3) is 0.500. The third-order valence-electron chi connectivity index (χ3n) is 7.34. The van der Waals surface area contributed by atoms with Gasteiger partial charge in [0.2, 0.25) is 0 Å². The highest BCUT2D eigenvalue weighted by Crippen LogP contribution is 2.33. The quantitative estimate of drug-likeness (QED) is 0.781. The molecular weight excluding hydrogens is 386 g/mol. The van der Waals surface area contributed by atoms with Crippen molar-refractivity contribution in [2.45, 2.75) is 57.3 Å². The number of carbonyl (C=O) groups excluding carboxylic acids is 1. The van der Waals surface area contributed by atoms with Crippen LogP contribution in [0.1, 0.15) is 64.2 Å². The largest absolute Gasteiger partial charge is 0.392 e. The van der Waals surface area contributed by atoms with Crippen molar-refractivity contribution in [2.24, 2.45) is 0 Å². The lowest BCUT2D eigenvalue weighted by molar-refractivity contribution is 0.0674. The predicted octanol–water partition coefficient (Wildman–Crippen LogP) is 3.27. The maximum absolute atomic E-state index is 12.9. The van der Waals surface area contributed by atoms with Crippen molar-refractivity contribution in [1.29, 1.82) is 0 Å². The zero-order chi connectivity index (χ0) is 21.2. The second kappa shape index (κ2) is 9.11. The number of carbonyl (C=O) groups is 1. The number of piperidine rings is 2. The van der Waals surface area contributed by atoms with E-state index in [0.717, 1.165) is 76.1 Å². The number of amides is 1. The highest BCUT2D eigenvalue weighted by molar-refractivity contribution is 5.98. The summed E-state index contributed by atoms with van der Waals surface area (Å²) in [5, 5.41) is 12.6. The van der Waals surface area contributed by atoms with Crippen molar-refractivity contribution in [3.8, 4) is 0 Å². The SMILES string of the molecule is O=C1c2ccc(C3CCN(Cc4ccc(CO)cc4)CC3)cc2CN1C1CCCNC1. The van der Waals surface area contributed by atoms with Crippen LogP contribution in [-0.2, 0) is 19.7 Å². The molecule has 1 amide bonds. The Balaban J connectivity index is 1.19. The lowest BCUT2D eigenvalue weighted by atomic mass is 9.87. The van der Waals surface area contributed by atoms with E-state index in [2.05, 4.69) is 45.4 Å². The molecule has 164 valence electrons. The summed E-state index contributed by atoms with van der Waals surface area (Å²) in [5.41, 5.74) is 5.82. The summed E-state index contributed by atoms with van der Waals surface area (Å²) < 4.78 is 0. The number of nitrogens with one attached hydrogen (secondary N) is 1. The van der Waals surface area contributed by atoms with E-state index in [-0.39, 0.29) is 12.5 Å². The van der Waals surface area contributed by atoms with Crippen LogP contribution in [0.3, 0.4) is 0 Å². The Morgan fingerprint density at radius 2 is 1.77 bits per heavy atom. The number of hydrogen-bond acceptors (Lipinski definition) is 4. The Bertz CT molecular complexity index is 913. The van der Waals surface area contributed by atoms with Gasteiger partial charge in [0.25, 0.3) is 5.91 Å². The van der Waals surface area contributed by atoms with E-state index in [4.69, 9.17) is 0 Å². The summed E-state index contributed by atoms with van der Waals surface area (Å²) >= 11 is 0. The van der Waals surface area contributed by atoms with E-state index in [1.807, 2.05) is 12.1 Å². The van der Waals surface area contributed by atoms with Gasteiger partial charge in [-0.05, 0) is 79.6 Å². The van der Waals surface area contributed by atoms with Gasteiger partial charge in [0.1, 0.15) is 0 Å². The Labute approximate surface area is 185 Å². The monoisotopic (exact) mass is 419 g/mol. The maximum Gasteiger partial charge on any atom is 0.254 e. The molecule has 0 bridgehead atoms. The van der Waals surface area contributed by atoms with Gasteiger partial charge < -0.3 is 15.3 Å². The molecule has 2 aromatic rings. The second-order valence-corrected chi connectivity index (χ2v) is 9.37. The number of hydrogen-bond donors (Lipinski definition) is 2. The Hall–Kier alpha value is -2.21. The van der Waals surface area contributed by atoms with Gasteiger partial charge in [-0.1, -0.05) is 36.4 Å². The van der Waals surface area contributed by atoms with Gasteiger partial charge in [-0.2, -0.15) is 0 Å². The number of benzene rings is 2. The maximum atomic E-state index is 12.9. The summed E-state index contributed by atoms with van der Waals surface area (Å²) in [6, 6.07) is 15.2. The number of likely N-dealkylation sites (tertiary alicyclic amines) is 1. The smallest absolute Gasteiger partial charge is 0.254 e. The molecule has 2 saturated heterocycles. The minimum atomic E-state index is 0.105. The number of nitrogens with zero attached hydrogens (tertiary/aromatic N) is 2. The van der Waals surface area contributed by atoms with E-state index >= 15 is 0 Å². The van der Waals surface area contributed by atoms with E-state index in [1.54, 1.807) is 0 Å². The lowest BCUT2D eigenvalue weighted by Crippen LogP contribution is -2.46. The molecule has 3 aliphatic heterocycles. The predicted molar refractivity (Wildman–Crippen MR) is 122 cm³/mol. The fourth-order valence-electron chi connectivity index (χ4n) is 5.44. The molecule has 2 N–H and O–H groups in total. The molecule has 0 saturated carbocycles. The molecule has 5 nitrogen and oxygen atoms in total. The third kappa shape index (κ3) is 4.40. The molecule has 5 rings (SSSR count). The van der Waals surface area contributed by atoms with Crippen LogP contribution in [0.15, 0.2) is 42.5 Å². The highest BCUT2D eigenvalue weighted by Gasteiger charge is 2.34. The number of aliphatic hydroxyl groups is 1. The first kappa shape index (κ1) is 20.7.